The number of ketones is 1. The van der Waals surface area contributed by atoms with Gasteiger partial charge < -0.3 is 19.5 Å². The van der Waals surface area contributed by atoms with E-state index in [1.165, 1.54) is 0 Å². The molecule has 0 radical (unpaired) electrons. The maximum Gasteiger partial charge on any atom is 0.295 e. The van der Waals surface area contributed by atoms with Crippen molar-refractivity contribution in [3.8, 4) is 11.5 Å². The summed E-state index contributed by atoms with van der Waals surface area (Å²) in [6, 6.07) is 21.7. The van der Waals surface area contributed by atoms with Crippen LogP contribution in [-0.2, 0) is 22.4 Å². The number of benzene rings is 3. The van der Waals surface area contributed by atoms with Crippen LogP contribution >= 0.6 is 0 Å². The quantitative estimate of drug-likeness (QED) is 0.322. The zero-order chi connectivity index (χ0) is 24.5. The van der Waals surface area contributed by atoms with Gasteiger partial charge in [0.1, 0.15) is 23.4 Å². The van der Waals surface area contributed by atoms with Gasteiger partial charge in [0, 0.05) is 18.5 Å². The fourth-order valence-corrected chi connectivity index (χ4v) is 4.89. The molecule has 2 aliphatic heterocycles. The van der Waals surface area contributed by atoms with Crippen molar-refractivity contribution in [2.75, 3.05) is 13.7 Å². The first kappa shape index (κ1) is 22.7. The Morgan fingerprint density at radius 3 is 2.63 bits per heavy atom. The Kier molecular flexibility index (Phi) is 6.03. The molecule has 2 aliphatic rings. The summed E-state index contributed by atoms with van der Waals surface area (Å²) in [4.78, 5) is 28.1. The summed E-state index contributed by atoms with van der Waals surface area (Å²) < 4.78 is 11.2. The van der Waals surface area contributed by atoms with E-state index >= 15 is 0 Å². The fraction of sp³-hybridized carbons (Fsp3) is 0.241. The van der Waals surface area contributed by atoms with E-state index in [0.717, 1.165) is 23.3 Å². The van der Waals surface area contributed by atoms with Crippen molar-refractivity contribution in [2.24, 2.45) is 0 Å². The van der Waals surface area contributed by atoms with Crippen molar-refractivity contribution >= 4 is 17.4 Å². The molecule has 6 nitrogen and oxygen atoms in total. The van der Waals surface area contributed by atoms with Crippen LogP contribution in [0.2, 0.25) is 0 Å². The summed E-state index contributed by atoms with van der Waals surface area (Å²) in [5, 5.41) is 11.4. The van der Waals surface area contributed by atoms with Crippen molar-refractivity contribution in [1.82, 2.24) is 4.90 Å². The second-order valence-electron chi connectivity index (χ2n) is 8.96. The van der Waals surface area contributed by atoms with Crippen molar-refractivity contribution in [3.05, 3.63) is 101 Å². The number of ether oxygens (including phenoxy) is 2. The van der Waals surface area contributed by atoms with E-state index in [4.69, 9.17) is 9.47 Å². The number of aliphatic hydroxyl groups excluding tert-OH is 1. The minimum Gasteiger partial charge on any atom is -0.507 e. The number of hydrogen-bond donors (Lipinski definition) is 1. The molecule has 0 unspecified atom stereocenters. The van der Waals surface area contributed by atoms with E-state index < -0.39 is 17.7 Å². The lowest BCUT2D eigenvalue weighted by Gasteiger charge is -2.25. The molecular formula is C29H27NO5. The summed E-state index contributed by atoms with van der Waals surface area (Å²) in [5.41, 5.74) is 3.32. The maximum atomic E-state index is 13.3. The second kappa shape index (κ2) is 9.29. The Morgan fingerprint density at radius 1 is 1.06 bits per heavy atom. The van der Waals surface area contributed by atoms with E-state index in [2.05, 4.69) is 0 Å². The molecule has 2 atom stereocenters. The van der Waals surface area contributed by atoms with Crippen molar-refractivity contribution in [1.29, 1.82) is 0 Å². The van der Waals surface area contributed by atoms with Crippen LogP contribution in [0, 0.1) is 0 Å². The van der Waals surface area contributed by atoms with E-state index in [-0.39, 0.29) is 17.4 Å². The normalized spacial score (nSPS) is 20.6. The van der Waals surface area contributed by atoms with Crippen LogP contribution in [0.4, 0.5) is 0 Å². The molecule has 1 N–H and O–H groups in total. The number of rotatable bonds is 6. The Hall–Kier alpha value is -4.06. The lowest BCUT2D eigenvalue weighted by molar-refractivity contribution is -0.139. The molecule has 2 heterocycles. The number of nitrogens with zero attached hydrogens (tertiary/aromatic N) is 1. The summed E-state index contributed by atoms with van der Waals surface area (Å²) in [7, 11) is 1.57. The van der Waals surface area contributed by atoms with Crippen LogP contribution < -0.4 is 9.47 Å². The second-order valence-corrected chi connectivity index (χ2v) is 8.96. The van der Waals surface area contributed by atoms with Gasteiger partial charge in [-0.25, -0.2) is 0 Å². The predicted molar refractivity (Wildman–Crippen MR) is 132 cm³/mol. The molecule has 0 aliphatic carbocycles. The molecule has 0 bridgehead atoms. The van der Waals surface area contributed by atoms with E-state index in [0.29, 0.717) is 29.8 Å². The molecule has 0 saturated carbocycles. The summed E-state index contributed by atoms with van der Waals surface area (Å²) in [6.45, 7) is 2.32. The molecule has 3 aromatic rings. The molecule has 1 fully saturated rings. The zero-order valence-electron chi connectivity index (χ0n) is 19.7. The highest BCUT2D eigenvalue weighted by Gasteiger charge is 2.46. The molecule has 1 amide bonds. The van der Waals surface area contributed by atoms with Gasteiger partial charge in [-0.15, -0.1) is 0 Å². The lowest BCUT2D eigenvalue weighted by atomic mass is 9.94. The number of fused-ring (bicyclic) bond motifs is 1. The highest BCUT2D eigenvalue weighted by molar-refractivity contribution is 6.46. The smallest absolute Gasteiger partial charge is 0.295 e. The van der Waals surface area contributed by atoms with Crippen molar-refractivity contribution in [2.45, 2.75) is 31.9 Å². The first-order valence-electron chi connectivity index (χ1n) is 11.7. The first-order valence-corrected chi connectivity index (χ1v) is 11.7. The number of methoxy groups -OCH3 is 1. The van der Waals surface area contributed by atoms with Gasteiger partial charge in [0.15, 0.2) is 0 Å². The lowest BCUT2D eigenvalue weighted by Crippen LogP contribution is -2.31. The van der Waals surface area contributed by atoms with Gasteiger partial charge in [0.25, 0.3) is 11.7 Å². The third-order valence-electron chi connectivity index (χ3n) is 6.60. The maximum absolute atomic E-state index is 13.3. The monoisotopic (exact) mass is 469 g/mol. The van der Waals surface area contributed by atoms with Crippen LogP contribution in [0.1, 0.15) is 35.2 Å². The zero-order valence-corrected chi connectivity index (χ0v) is 19.7. The highest BCUT2D eigenvalue weighted by Crippen LogP contribution is 2.41. The summed E-state index contributed by atoms with van der Waals surface area (Å²) in [6.07, 6.45) is 1.37. The van der Waals surface area contributed by atoms with Crippen LogP contribution in [-0.4, -0.2) is 41.5 Å². The average molecular weight is 470 g/mol. The molecule has 5 rings (SSSR count). The third kappa shape index (κ3) is 4.28. The van der Waals surface area contributed by atoms with Crippen LogP contribution in [0.3, 0.4) is 0 Å². The molecular weight excluding hydrogens is 442 g/mol. The Morgan fingerprint density at radius 2 is 1.86 bits per heavy atom. The SMILES string of the molecule is COc1cccc([C@@H]2C(=C(O)c3ccc4c(c3)C[C@@H](C)O4)C(=O)C(=O)N2CCc2ccccc2)c1. The van der Waals surface area contributed by atoms with Gasteiger partial charge >= 0.3 is 0 Å². The summed E-state index contributed by atoms with van der Waals surface area (Å²) >= 11 is 0. The fourth-order valence-electron chi connectivity index (χ4n) is 4.89. The highest BCUT2D eigenvalue weighted by atomic mass is 16.5. The predicted octanol–water partition coefficient (Wildman–Crippen LogP) is 4.68. The number of amides is 1. The van der Waals surface area contributed by atoms with Crippen molar-refractivity contribution in [3.63, 3.8) is 0 Å². The van der Waals surface area contributed by atoms with E-state index in [1.807, 2.05) is 55.5 Å². The van der Waals surface area contributed by atoms with Crippen LogP contribution in [0.5, 0.6) is 11.5 Å². The van der Waals surface area contributed by atoms with Crippen LogP contribution in [0.25, 0.3) is 5.76 Å². The molecule has 178 valence electrons. The number of carbonyl (C=O) groups excluding carboxylic acids is 2. The molecule has 6 heteroatoms. The molecule has 0 spiro atoms. The number of Topliss-reactive ketones (excluding diaryl/α,β-unsaturated/α-hetero) is 1. The van der Waals surface area contributed by atoms with E-state index in [9.17, 15) is 14.7 Å². The largest absolute Gasteiger partial charge is 0.507 e. The number of aliphatic hydroxyl groups is 1. The Bertz CT molecular complexity index is 1310. The summed E-state index contributed by atoms with van der Waals surface area (Å²) in [5.74, 6) is -0.0934. The standard InChI is InChI=1S/C29H27NO5/c1-18-15-22-16-21(11-12-24(22)35-18)27(31)25-26(20-9-6-10-23(17-20)34-2)30(29(33)28(25)32)14-13-19-7-4-3-5-8-19/h3-12,16-18,26,31H,13-15H2,1-2H3/t18-,26-/m1/s1. The molecule has 3 aromatic carbocycles. The minimum atomic E-state index is -0.725. The Balaban J connectivity index is 1.58. The van der Waals surface area contributed by atoms with Gasteiger partial charge in [0.2, 0.25) is 0 Å². The van der Waals surface area contributed by atoms with E-state index in [1.54, 1.807) is 36.3 Å². The average Bonchev–Trinajstić information content (AvgIpc) is 3.38. The molecule has 1 saturated heterocycles. The van der Waals surface area contributed by atoms with Crippen molar-refractivity contribution < 1.29 is 24.2 Å². The van der Waals surface area contributed by atoms with Gasteiger partial charge in [-0.05, 0) is 60.4 Å². The minimum absolute atomic E-state index is 0.0581. The van der Waals surface area contributed by atoms with Gasteiger partial charge in [-0.2, -0.15) is 0 Å². The number of likely N-dealkylation sites (tertiary alicyclic amines) is 1. The number of hydrogen-bond acceptors (Lipinski definition) is 5. The van der Waals surface area contributed by atoms with Gasteiger partial charge in [-0.3, -0.25) is 9.59 Å². The molecule has 0 aromatic heterocycles. The number of carbonyl (C=O) groups is 2. The first-order chi connectivity index (χ1) is 17.0. The van der Waals surface area contributed by atoms with Gasteiger partial charge in [0.05, 0.1) is 18.7 Å². The Labute approximate surface area is 204 Å². The molecule has 35 heavy (non-hydrogen) atoms. The third-order valence-corrected chi connectivity index (χ3v) is 6.60. The van der Waals surface area contributed by atoms with Crippen LogP contribution in [0.15, 0.2) is 78.4 Å². The topological polar surface area (TPSA) is 76.1 Å². The van der Waals surface area contributed by atoms with Gasteiger partial charge in [-0.1, -0.05) is 42.5 Å².